The highest BCUT2D eigenvalue weighted by Gasteiger charge is 2.13. The highest BCUT2D eigenvalue weighted by atomic mass is 16.2. The van der Waals surface area contributed by atoms with E-state index in [4.69, 9.17) is 5.26 Å². The lowest BCUT2D eigenvalue weighted by atomic mass is 10.1. The summed E-state index contributed by atoms with van der Waals surface area (Å²) in [5.74, 6) is 0.00542. The number of nitrogens with one attached hydrogen (secondary N) is 1. The molecule has 0 heterocycles. The van der Waals surface area contributed by atoms with Gasteiger partial charge < -0.3 is 10.2 Å². The summed E-state index contributed by atoms with van der Waals surface area (Å²) in [5, 5.41) is 12.2. The molecule has 0 atom stereocenters. The van der Waals surface area contributed by atoms with E-state index in [1.807, 2.05) is 19.9 Å². The smallest absolute Gasteiger partial charge is 0.228 e. The molecule has 0 aliphatic heterocycles. The van der Waals surface area contributed by atoms with Crippen LogP contribution in [-0.4, -0.2) is 25.5 Å². The molecule has 4 nitrogen and oxygen atoms in total. The van der Waals surface area contributed by atoms with Crippen molar-refractivity contribution in [1.29, 1.82) is 5.26 Å². The molecule has 1 aromatic carbocycles. The van der Waals surface area contributed by atoms with Gasteiger partial charge in [0.25, 0.3) is 0 Å². The van der Waals surface area contributed by atoms with Crippen molar-refractivity contribution in [2.24, 2.45) is 0 Å². The summed E-state index contributed by atoms with van der Waals surface area (Å²) >= 11 is 0. The number of carbonyl (C=O) groups excluding carboxylic acids is 1. The second-order valence-corrected chi connectivity index (χ2v) is 4.44. The Balaban J connectivity index is 2.66. The number of rotatable bonds is 5. The zero-order valence-corrected chi connectivity index (χ0v) is 11.1. The molecule has 0 aliphatic carbocycles. The van der Waals surface area contributed by atoms with Gasteiger partial charge in [0.15, 0.2) is 0 Å². The minimum absolute atomic E-state index is 0.00542. The van der Waals surface area contributed by atoms with Crippen molar-refractivity contribution in [3.05, 3.63) is 29.8 Å². The van der Waals surface area contributed by atoms with Crippen LogP contribution in [0, 0.1) is 11.3 Å². The zero-order valence-electron chi connectivity index (χ0n) is 11.1. The maximum atomic E-state index is 12.0. The minimum atomic E-state index is 0.00542. The van der Waals surface area contributed by atoms with Gasteiger partial charge in [-0.1, -0.05) is 26.0 Å². The van der Waals surface area contributed by atoms with E-state index in [-0.39, 0.29) is 5.91 Å². The molecular formula is C14H19N3O. The SMILES string of the molecule is CC(C)NCCC(=O)N(C)c1ccccc1C#N. The van der Waals surface area contributed by atoms with E-state index in [0.717, 1.165) is 0 Å². The molecule has 0 bridgehead atoms. The molecule has 0 spiro atoms. The maximum absolute atomic E-state index is 12.0. The van der Waals surface area contributed by atoms with Crippen LogP contribution in [0.1, 0.15) is 25.8 Å². The van der Waals surface area contributed by atoms with Crippen molar-refractivity contribution >= 4 is 11.6 Å². The van der Waals surface area contributed by atoms with Gasteiger partial charge >= 0.3 is 0 Å². The number of benzene rings is 1. The summed E-state index contributed by atoms with van der Waals surface area (Å²) in [4.78, 5) is 13.5. The van der Waals surface area contributed by atoms with Crippen LogP contribution in [-0.2, 0) is 4.79 Å². The first-order valence-electron chi connectivity index (χ1n) is 6.05. The standard InChI is InChI=1S/C14H19N3O/c1-11(2)16-9-8-14(18)17(3)13-7-5-4-6-12(13)10-15/h4-7,11,16H,8-9H2,1-3H3. The second kappa shape index (κ2) is 6.77. The van der Waals surface area contributed by atoms with Crippen LogP contribution in [0.15, 0.2) is 24.3 Å². The third-order valence-electron chi connectivity index (χ3n) is 2.65. The third-order valence-corrected chi connectivity index (χ3v) is 2.65. The van der Waals surface area contributed by atoms with Gasteiger partial charge in [0.1, 0.15) is 6.07 Å². The fourth-order valence-electron chi connectivity index (χ4n) is 1.63. The van der Waals surface area contributed by atoms with Crippen LogP contribution in [0.25, 0.3) is 0 Å². The molecule has 0 aromatic heterocycles. The van der Waals surface area contributed by atoms with Gasteiger partial charge in [0, 0.05) is 26.1 Å². The summed E-state index contributed by atoms with van der Waals surface area (Å²) < 4.78 is 0. The summed E-state index contributed by atoms with van der Waals surface area (Å²) in [6.07, 6.45) is 0.425. The van der Waals surface area contributed by atoms with Gasteiger partial charge in [0.05, 0.1) is 11.3 Å². The fourth-order valence-corrected chi connectivity index (χ4v) is 1.63. The molecule has 0 fully saturated rings. The Kier molecular flexibility index (Phi) is 5.34. The lowest BCUT2D eigenvalue weighted by Gasteiger charge is -2.19. The number of nitriles is 1. The van der Waals surface area contributed by atoms with Crippen LogP contribution >= 0.6 is 0 Å². The van der Waals surface area contributed by atoms with E-state index in [9.17, 15) is 4.79 Å². The van der Waals surface area contributed by atoms with Crippen LogP contribution in [0.4, 0.5) is 5.69 Å². The average molecular weight is 245 g/mol. The topological polar surface area (TPSA) is 56.1 Å². The van der Waals surface area contributed by atoms with Crippen molar-refractivity contribution < 1.29 is 4.79 Å². The van der Waals surface area contributed by atoms with Gasteiger partial charge in [-0.05, 0) is 12.1 Å². The Hall–Kier alpha value is -1.86. The number of para-hydroxylation sites is 1. The summed E-state index contributed by atoms with van der Waals surface area (Å²) in [7, 11) is 1.70. The number of carbonyl (C=O) groups is 1. The van der Waals surface area contributed by atoms with Crippen molar-refractivity contribution in [2.45, 2.75) is 26.3 Å². The van der Waals surface area contributed by atoms with Crippen molar-refractivity contribution in [3.8, 4) is 6.07 Å². The summed E-state index contributed by atoms with van der Waals surface area (Å²) in [6.45, 7) is 4.73. The predicted octanol–water partition coefficient (Wildman–Crippen LogP) is 1.91. The van der Waals surface area contributed by atoms with Crippen LogP contribution < -0.4 is 10.2 Å². The van der Waals surface area contributed by atoms with Gasteiger partial charge in [-0.3, -0.25) is 4.79 Å². The Bertz CT molecular complexity index is 449. The third kappa shape index (κ3) is 3.86. The molecule has 96 valence electrons. The summed E-state index contributed by atoms with van der Waals surface area (Å²) in [6, 6.07) is 9.58. The second-order valence-electron chi connectivity index (χ2n) is 4.44. The minimum Gasteiger partial charge on any atom is -0.314 e. The number of anilines is 1. The molecule has 4 heteroatoms. The normalized spacial score (nSPS) is 10.2. The lowest BCUT2D eigenvalue weighted by Crippen LogP contribution is -2.32. The molecule has 0 unspecified atom stereocenters. The Labute approximate surface area is 108 Å². The van der Waals surface area contributed by atoms with Gasteiger partial charge in [0.2, 0.25) is 5.91 Å². The van der Waals surface area contributed by atoms with Crippen molar-refractivity contribution in [2.75, 3.05) is 18.5 Å². The molecular weight excluding hydrogens is 226 g/mol. The molecule has 18 heavy (non-hydrogen) atoms. The van der Waals surface area contributed by atoms with Crippen molar-refractivity contribution in [3.63, 3.8) is 0 Å². The van der Waals surface area contributed by atoms with Crippen LogP contribution in [0.3, 0.4) is 0 Å². The van der Waals surface area contributed by atoms with Gasteiger partial charge in [-0.25, -0.2) is 0 Å². The van der Waals surface area contributed by atoms with Gasteiger partial charge in [-0.2, -0.15) is 5.26 Å². The fraction of sp³-hybridized carbons (Fsp3) is 0.429. The number of nitrogens with zero attached hydrogens (tertiary/aromatic N) is 2. The highest BCUT2D eigenvalue weighted by molar-refractivity contribution is 5.94. The number of hydrogen-bond donors (Lipinski definition) is 1. The molecule has 0 aliphatic rings. The highest BCUT2D eigenvalue weighted by Crippen LogP contribution is 2.18. The van der Waals surface area contributed by atoms with Crippen LogP contribution in [0.5, 0.6) is 0 Å². The Morgan fingerprint density at radius 2 is 2.11 bits per heavy atom. The molecule has 0 saturated carbocycles. The average Bonchev–Trinajstić information content (AvgIpc) is 2.37. The van der Waals surface area contributed by atoms with E-state index < -0.39 is 0 Å². The molecule has 0 saturated heterocycles. The molecule has 1 N–H and O–H groups in total. The monoisotopic (exact) mass is 245 g/mol. The lowest BCUT2D eigenvalue weighted by molar-refractivity contribution is -0.118. The predicted molar refractivity (Wildman–Crippen MR) is 72.3 cm³/mol. The summed E-state index contributed by atoms with van der Waals surface area (Å²) in [5.41, 5.74) is 1.18. The van der Waals surface area contributed by atoms with Gasteiger partial charge in [-0.15, -0.1) is 0 Å². The maximum Gasteiger partial charge on any atom is 0.228 e. The van der Waals surface area contributed by atoms with E-state index >= 15 is 0 Å². The first-order valence-corrected chi connectivity index (χ1v) is 6.05. The number of hydrogen-bond acceptors (Lipinski definition) is 3. The van der Waals surface area contributed by atoms with Crippen molar-refractivity contribution in [1.82, 2.24) is 5.32 Å². The zero-order chi connectivity index (χ0) is 13.5. The molecule has 1 rings (SSSR count). The van der Waals surface area contributed by atoms with Crippen LogP contribution in [0.2, 0.25) is 0 Å². The van der Waals surface area contributed by atoms with E-state index in [1.165, 1.54) is 0 Å². The van der Waals surface area contributed by atoms with E-state index in [1.54, 1.807) is 30.1 Å². The quantitative estimate of drug-likeness (QED) is 0.862. The first-order chi connectivity index (χ1) is 8.56. The van der Waals surface area contributed by atoms with E-state index in [0.29, 0.717) is 30.3 Å². The molecule has 1 aromatic rings. The number of amides is 1. The Morgan fingerprint density at radius 3 is 2.72 bits per heavy atom. The van der Waals surface area contributed by atoms with E-state index in [2.05, 4.69) is 11.4 Å². The molecule has 0 radical (unpaired) electrons. The largest absolute Gasteiger partial charge is 0.314 e. The molecule has 1 amide bonds. The Morgan fingerprint density at radius 1 is 1.44 bits per heavy atom. The first kappa shape index (κ1) is 14.2.